The van der Waals surface area contributed by atoms with Gasteiger partial charge in [0.2, 0.25) is 11.8 Å². The van der Waals surface area contributed by atoms with Crippen molar-refractivity contribution < 1.29 is 9.59 Å². The molecule has 3 rings (SSSR count). The third-order valence-electron chi connectivity index (χ3n) is 4.02. The van der Waals surface area contributed by atoms with Gasteiger partial charge in [0, 0.05) is 9.50 Å². The highest BCUT2D eigenvalue weighted by Gasteiger charge is 2.52. The predicted molar refractivity (Wildman–Crippen MR) is 77.0 cm³/mol. The van der Waals surface area contributed by atoms with E-state index in [1.807, 2.05) is 0 Å². The Hall–Kier alpha value is -0.870. The first-order valence-electron chi connectivity index (χ1n) is 6.32. The number of halogens is 2. The second-order valence-corrected chi connectivity index (χ2v) is 6.69. The highest BCUT2D eigenvalue weighted by Crippen LogP contribution is 2.45. The molecule has 2 unspecified atom stereocenters. The van der Waals surface area contributed by atoms with Gasteiger partial charge in [0.15, 0.2) is 0 Å². The minimum atomic E-state index is -0.145. The van der Waals surface area contributed by atoms with Crippen molar-refractivity contribution in [1.82, 2.24) is 0 Å². The molecule has 1 aromatic carbocycles. The topological polar surface area (TPSA) is 37.4 Å². The second-order valence-electron chi connectivity index (χ2n) is 5.40. The second kappa shape index (κ2) is 4.60. The van der Waals surface area contributed by atoms with Crippen molar-refractivity contribution in [3.63, 3.8) is 0 Å². The van der Waals surface area contributed by atoms with Gasteiger partial charge in [-0.3, -0.25) is 9.59 Å². The number of nitrogens with zero attached hydrogens (tertiary/aromatic N) is 1. The van der Waals surface area contributed by atoms with Crippen LogP contribution in [-0.2, 0) is 9.59 Å². The van der Waals surface area contributed by atoms with E-state index in [2.05, 4.69) is 22.9 Å². The molecule has 0 bridgehead atoms. The fourth-order valence-electron chi connectivity index (χ4n) is 3.17. The van der Waals surface area contributed by atoms with E-state index in [0.29, 0.717) is 21.1 Å². The summed E-state index contributed by atoms with van der Waals surface area (Å²) in [4.78, 5) is 26.2. The van der Waals surface area contributed by atoms with Crippen LogP contribution in [0.2, 0.25) is 5.02 Å². The summed E-state index contributed by atoms with van der Waals surface area (Å²) in [6, 6.07) is 5.14. The van der Waals surface area contributed by atoms with E-state index >= 15 is 0 Å². The molecule has 1 heterocycles. The van der Waals surface area contributed by atoms with Crippen LogP contribution in [0.3, 0.4) is 0 Å². The lowest BCUT2D eigenvalue weighted by atomic mass is 10.00. The van der Waals surface area contributed by atoms with Gasteiger partial charge in [-0.15, -0.1) is 0 Å². The van der Waals surface area contributed by atoms with Crippen LogP contribution in [0.15, 0.2) is 22.7 Å². The summed E-state index contributed by atoms with van der Waals surface area (Å²) in [6.07, 6.45) is 1.62. The molecule has 0 N–H and O–H groups in total. The summed E-state index contributed by atoms with van der Waals surface area (Å²) in [5.74, 6) is -0.000696. The lowest BCUT2D eigenvalue weighted by Gasteiger charge is -2.18. The van der Waals surface area contributed by atoms with Gasteiger partial charge >= 0.3 is 0 Å². The quantitative estimate of drug-likeness (QED) is 0.731. The Kier molecular flexibility index (Phi) is 3.18. The van der Waals surface area contributed by atoms with Gasteiger partial charge in [-0.05, 0) is 52.9 Å². The van der Waals surface area contributed by atoms with Gasteiger partial charge < -0.3 is 0 Å². The first kappa shape index (κ1) is 13.1. The highest BCUT2D eigenvalue weighted by atomic mass is 79.9. The summed E-state index contributed by atoms with van der Waals surface area (Å²) >= 11 is 9.35. The zero-order valence-corrected chi connectivity index (χ0v) is 12.7. The van der Waals surface area contributed by atoms with Gasteiger partial charge in [0.25, 0.3) is 0 Å². The number of anilines is 1. The fourth-order valence-corrected chi connectivity index (χ4v) is 3.76. The molecule has 1 aromatic rings. The smallest absolute Gasteiger partial charge is 0.237 e. The van der Waals surface area contributed by atoms with E-state index in [1.165, 1.54) is 4.90 Å². The van der Waals surface area contributed by atoms with Crippen molar-refractivity contribution in [2.24, 2.45) is 17.8 Å². The molecular formula is C14H13BrClNO2. The number of benzene rings is 1. The van der Waals surface area contributed by atoms with Crippen LogP contribution in [0.25, 0.3) is 0 Å². The van der Waals surface area contributed by atoms with Gasteiger partial charge in [-0.25, -0.2) is 4.90 Å². The maximum Gasteiger partial charge on any atom is 0.237 e. The van der Waals surface area contributed by atoms with Crippen LogP contribution >= 0.6 is 27.5 Å². The average molecular weight is 343 g/mol. The lowest BCUT2D eigenvalue weighted by molar-refractivity contribution is -0.123. The van der Waals surface area contributed by atoms with E-state index in [1.54, 1.807) is 18.2 Å². The molecule has 19 heavy (non-hydrogen) atoms. The Bertz CT molecular complexity index is 551. The standard InChI is InChI=1S/C14H13BrClNO2/c1-7-4-9-10(5-7)14(19)17(13(9)18)12-6-8(16)2-3-11(12)15/h2-3,6-7,9-10H,4-5H2,1H3. The molecule has 2 atom stereocenters. The van der Waals surface area contributed by atoms with Crippen LogP contribution in [0.5, 0.6) is 0 Å². The van der Waals surface area contributed by atoms with Crippen LogP contribution in [0.4, 0.5) is 5.69 Å². The maximum absolute atomic E-state index is 12.4. The van der Waals surface area contributed by atoms with Gasteiger partial charge in [0.05, 0.1) is 17.5 Å². The summed E-state index contributed by atoms with van der Waals surface area (Å²) in [7, 11) is 0. The number of carbonyl (C=O) groups is 2. The van der Waals surface area contributed by atoms with Gasteiger partial charge in [-0.1, -0.05) is 18.5 Å². The van der Waals surface area contributed by atoms with Crippen LogP contribution in [0, 0.1) is 17.8 Å². The van der Waals surface area contributed by atoms with E-state index in [0.717, 1.165) is 12.8 Å². The Morgan fingerprint density at radius 3 is 2.37 bits per heavy atom. The number of fused-ring (bicyclic) bond motifs is 1. The molecule has 0 radical (unpaired) electrons. The molecule has 1 aliphatic carbocycles. The summed E-state index contributed by atoms with van der Waals surface area (Å²) in [6.45, 7) is 2.10. The monoisotopic (exact) mass is 341 g/mol. The van der Waals surface area contributed by atoms with Crippen molar-refractivity contribution >= 4 is 45.0 Å². The van der Waals surface area contributed by atoms with E-state index in [-0.39, 0.29) is 23.7 Å². The SMILES string of the molecule is CC1CC2C(=O)N(c3cc(Cl)ccc3Br)C(=O)C2C1. The van der Waals surface area contributed by atoms with Crippen LogP contribution in [-0.4, -0.2) is 11.8 Å². The normalized spacial score (nSPS) is 30.1. The number of hydrogen-bond donors (Lipinski definition) is 0. The van der Waals surface area contributed by atoms with Gasteiger partial charge in [-0.2, -0.15) is 0 Å². The summed E-state index contributed by atoms with van der Waals surface area (Å²) < 4.78 is 0.714. The number of imide groups is 1. The minimum absolute atomic E-state index is 0.0812. The van der Waals surface area contributed by atoms with E-state index in [4.69, 9.17) is 11.6 Å². The fraction of sp³-hybridized carbons (Fsp3) is 0.429. The van der Waals surface area contributed by atoms with Gasteiger partial charge in [0.1, 0.15) is 0 Å². The molecule has 1 aliphatic heterocycles. The molecule has 5 heteroatoms. The number of hydrogen-bond acceptors (Lipinski definition) is 2. The highest BCUT2D eigenvalue weighted by molar-refractivity contribution is 9.10. The Morgan fingerprint density at radius 1 is 1.21 bits per heavy atom. The summed E-state index contributed by atoms with van der Waals surface area (Å²) in [5, 5.41) is 0.518. The Morgan fingerprint density at radius 2 is 1.79 bits per heavy atom. The lowest BCUT2D eigenvalue weighted by Crippen LogP contribution is -2.32. The maximum atomic E-state index is 12.4. The van der Waals surface area contributed by atoms with E-state index in [9.17, 15) is 9.59 Å². The number of amides is 2. The molecule has 2 aliphatic rings. The number of carbonyl (C=O) groups excluding carboxylic acids is 2. The largest absolute Gasteiger partial charge is 0.274 e. The zero-order chi connectivity index (χ0) is 13.7. The molecule has 0 spiro atoms. The number of rotatable bonds is 1. The predicted octanol–water partition coefficient (Wildman–Crippen LogP) is 3.64. The summed E-state index contributed by atoms with van der Waals surface area (Å²) in [5.41, 5.74) is 0.560. The molecule has 1 saturated carbocycles. The van der Waals surface area contributed by atoms with Crippen molar-refractivity contribution in [2.45, 2.75) is 19.8 Å². The average Bonchev–Trinajstić information content (AvgIpc) is 2.84. The third kappa shape index (κ3) is 2.01. The Balaban J connectivity index is 2.01. The van der Waals surface area contributed by atoms with Crippen molar-refractivity contribution in [2.75, 3.05) is 4.90 Å². The Labute approximate surface area is 125 Å². The first-order chi connectivity index (χ1) is 8.99. The first-order valence-corrected chi connectivity index (χ1v) is 7.49. The van der Waals surface area contributed by atoms with Crippen molar-refractivity contribution in [3.05, 3.63) is 27.7 Å². The molecule has 2 fully saturated rings. The molecule has 0 aromatic heterocycles. The van der Waals surface area contributed by atoms with Crippen LogP contribution in [0.1, 0.15) is 19.8 Å². The van der Waals surface area contributed by atoms with Crippen LogP contribution < -0.4 is 4.90 Å². The van der Waals surface area contributed by atoms with Crippen molar-refractivity contribution in [1.29, 1.82) is 0 Å². The minimum Gasteiger partial charge on any atom is -0.274 e. The van der Waals surface area contributed by atoms with E-state index < -0.39 is 0 Å². The molecule has 100 valence electrons. The molecule has 2 amide bonds. The zero-order valence-electron chi connectivity index (χ0n) is 10.4. The molecular weight excluding hydrogens is 330 g/mol. The third-order valence-corrected chi connectivity index (χ3v) is 4.93. The molecule has 1 saturated heterocycles. The van der Waals surface area contributed by atoms with Crippen molar-refractivity contribution in [3.8, 4) is 0 Å². The molecule has 3 nitrogen and oxygen atoms in total.